The first-order chi connectivity index (χ1) is 7.09. The van der Waals surface area contributed by atoms with Crippen LogP contribution in [0, 0.1) is 0 Å². The number of rotatable bonds is 4. The molecule has 84 valence electrons. The van der Waals surface area contributed by atoms with Crippen LogP contribution in [0.1, 0.15) is 55.8 Å². The number of hydrogen-bond donors (Lipinski definition) is 1. The summed E-state index contributed by atoms with van der Waals surface area (Å²) < 4.78 is 0. The number of nitrogens with zero attached hydrogens (tertiary/aromatic N) is 1. The monoisotopic (exact) mass is 224 g/mol. The SMILES string of the molecule is CC(C)c1cnc(CNC2(C)CCC2)s1. The summed E-state index contributed by atoms with van der Waals surface area (Å²) in [5.41, 5.74) is 0.393. The van der Waals surface area contributed by atoms with Crippen LogP contribution < -0.4 is 5.32 Å². The van der Waals surface area contributed by atoms with Gasteiger partial charge in [0.1, 0.15) is 5.01 Å². The van der Waals surface area contributed by atoms with E-state index in [0.717, 1.165) is 6.54 Å². The van der Waals surface area contributed by atoms with Crippen LogP contribution in [0.15, 0.2) is 6.20 Å². The topological polar surface area (TPSA) is 24.9 Å². The molecule has 0 amide bonds. The van der Waals surface area contributed by atoms with Gasteiger partial charge in [-0.3, -0.25) is 0 Å². The molecule has 3 heteroatoms. The Morgan fingerprint density at radius 1 is 1.53 bits per heavy atom. The highest BCUT2D eigenvalue weighted by Gasteiger charge is 2.30. The number of hydrogen-bond acceptors (Lipinski definition) is 3. The van der Waals surface area contributed by atoms with Crippen molar-refractivity contribution in [2.75, 3.05) is 0 Å². The van der Waals surface area contributed by atoms with Crippen LogP contribution >= 0.6 is 11.3 Å². The molecule has 15 heavy (non-hydrogen) atoms. The van der Waals surface area contributed by atoms with Crippen LogP contribution in [0.25, 0.3) is 0 Å². The summed E-state index contributed by atoms with van der Waals surface area (Å²) >= 11 is 1.84. The Balaban J connectivity index is 1.88. The summed E-state index contributed by atoms with van der Waals surface area (Å²) in [6, 6.07) is 0. The van der Waals surface area contributed by atoms with E-state index in [0.29, 0.717) is 11.5 Å². The van der Waals surface area contributed by atoms with Crippen LogP contribution in [-0.2, 0) is 6.54 Å². The van der Waals surface area contributed by atoms with Crippen LogP contribution in [0.4, 0.5) is 0 Å². The maximum atomic E-state index is 4.45. The van der Waals surface area contributed by atoms with Gasteiger partial charge in [0.25, 0.3) is 0 Å². The third-order valence-corrected chi connectivity index (χ3v) is 4.56. The van der Waals surface area contributed by atoms with E-state index in [1.165, 1.54) is 29.1 Å². The third kappa shape index (κ3) is 2.58. The van der Waals surface area contributed by atoms with Crippen molar-refractivity contribution < 1.29 is 0 Å². The van der Waals surface area contributed by atoms with Gasteiger partial charge in [-0.05, 0) is 32.1 Å². The van der Waals surface area contributed by atoms with Crippen LogP contribution in [0.3, 0.4) is 0 Å². The van der Waals surface area contributed by atoms with Gasteiger partial charge in [0.2, 0.25) is 0 Å². The smallest absolute Gasteiger partial charge is 0.107 e. The maximum absolute atomic E-state index is 4.45. The summed E-state index contributed by atoms with van der Waals surface area (Å²) in [6.45, 7) is 7.69. The average molecular weight is 224 g/mol. The molecule has 0 saturated heterocycles. The Kier molecular flexibility index (Phi) is 3.12. The molecule has 0 radical (unpaired) electrons. The zero-order valence-corrected chi connectivity index (χ0v) is 10.7. The van der Waals surface area contributed by atoms with Crippen molar-refractivity contribution in [3.63, 3.8) is 0 Å². The molecule has 0 atom stereocenters. The second-order valence-electron chi connectivity index (χ2n) is 5.08. The van der Waals surface area contributed by atoms with Crippen LogP contribution in [0.2, 0.25) is 0 Å². The van der Waals surface area contributed by atoms with Crippen molar-refractivity contribution in [2.24, 2.45) is 0 Å². The minimum Gasteiger partial charge on any atom is -0.305 e. The van der Waals surface area contributed by atoms with E-state index in [1.54, 1.807) is 0 Å². The van der Waals surface area contributed by atoms with E-state index in [9.17, 15) is 0 Å². The Morgan fingerprint density at radius 2 is 2.27 bits per heavy atom. The second kappa shape index (κ2) is 4.22. The van der Waals surface area contributed by atoms with Crippen molar-refractivity contribution >= 4 is 11.3 Å². The molecule has 1 fully saturated rings. The van der Waals surface area contributed by atoms with E-state index >= 15 is 0 Å². The van der Waals surface area contributed by atoms with E-state index in [1.807, 2.05) is 17.5 Å². The Hall–Kier alpha value is -0.410. The molecule has 0 spiro atoms. The fourth-order valence-corrected chi connectivity index (χ4v) is 2.71. The normalized spacial score (nSPS) is 19.2. The molecule has 1 N–H and O–H groups in total. The van der Waals surface area contributed by atoms with Crippen LogP contribution in [0.5, 0.6) is 0 Å². The quantitative estimate of drug-likeness (QED) is 0.849. The largest absolute Gasteiger partial charge is 0.305 e. The molecule has 0 unspecified atom stereocenters. The number of thiazole rings is 1. The lowest BCUT2D eigenvalue weighted by Crippen LogP contribution is -2.47. The van der Waals surface area contributed by atoms with Crippen molar-refractivity contribution in [3.05, 3.63) is 16.1 Å². The second-order valence-corrected chi connectivity index (χ2v) is 6.23. The highest BCUT2D eigenvalue weighted by atomic mass is 32.1. The van der Waals surface area contributed by atoms with Crippen molar-refractivity contribution in [2.45, 2.75) is 58.0 Å². The van der Waals surface area contributed by atoms with Gasteiger partial charge in [0, 0.05) is 23.2 Å². The van der Waals surface area contributed by atoms with Gasteiger partial charge in [-0.25, -0.2) is 4.98 Å². The molecule has 0 aromatic carbocycles. The molecule has 2 rings (SSSR count). The van der Waals surface area contributed by atoms with Crippen molar-refractivity contribution in [1.82, 2.24) is 10.3 Å². The van der Waals surface area contributed by atoms with Gasteiger partial charge in [0.05, 0.1) is 0 Å². The number of nitrogens with one attached hydrogen (secondary N) is 1. The van der Waals surface area contributed by atoms with E-state index in [2.05, 4.69) is 31.1 Å². The number of aromatic nitrogens is 1. The van der Waals surface area contributed by atoms with Gasteiger partial charge in [-0.2, -0.15) is 0 Å². The lowest BCUT2D eigenvalue weighted by molar-refractivity contribution is 0.207. The summed E-state index contributed by atoms with van der Waals surface area (Å²) in [5.74, 6) is 0.607. The minimum atomic E-state index is 0.393. The van der Waals surface area contributed by atoms with Gasteiger partial charge in [0.15, 0.2) is 0 Å². The highest BCUT2D eigenvalue weighted by Crippen LogP contribution is 2.31. The summed E-state index contributed by atoms with van der Waals surface area (Å²) in [4.78, 5) is 5.85. The van der Waals surface area contributed by atoms with E-state index < -0.39 is 0 Å². The Bertz CT molecular complexity index is 326. The molecular formula is C12H20N2S. The Morgan fingerprint density at radius 3 is 2.73 bits per heavy atom. The summed E-state index contributed by atoms with van der Waals surface area (Å²) in [7, 11) is 0. The molecule has 1 aromatic heterocycles. The lowest BCUT2D eigenvalue weighted by Gasteiger charge is -2.39. The van der Waals surface area contributed by atoms with E-state index in [-0.39, 0.29) is 0 Å². The molecule has 0 bridgehead atoms. The third-order valence-electron chi connectivity index (χ3n) is 3.26. The molecule has 1 aliphatic carbocycles. The fourth-order valence-electron chi connectivity index (χ4n) is 1.85. The average Bonchev–Trinajstić information content (AvgIpc) is 2.60. The molecule has 1 saturated carbocycles. The summed E-state index contributed by atoms with van der Waals surface area (Å²) in [6.07, 6.45) is 6.03. The standard InChI is InChI=1S/C12H20N2S/c1-9(2)10-7-13-11(15-10)8-14-12(3)5-4-6-12/h7,9,14H,4-6,8H2,1-3H3. The highest BCUT2D eigenvalue weighted by molar-refractivity contribution is 7.11. The first kappa shape index (κ1) is 11.1. The van der Waals surface area contributed by atoms with E-state index in [4.69, 9.17) is 0 Å². The van der Waals surface area contributed by atoms with Crippen molar-refractivity contribution in [1.29, 1.82) is 0 Å². The maximum Gasteiger partial charge on any atom is 0.107 e. The molecule has 0 aliphatic heterocycles. The zero-order valence-electron chi connectivity index (χ0n) is 9.84. The van der Waals surface area contributed by atoms with Gasteiger partial charge in [-0.15, -0.1) is 11.3 Å². The zero-order chi connectivity index (χ0) is 10.9. The minimum absolute atomic E-state index is 0.393. The predicted octanol–water partition coefficient (Wildman–Crippen LogP) is 3.30. The molecule has 1 aliphatic rings. The first-order valence-electron chi connectivity index (χ1n) is 5.79. The predicted molar refractivity (Wildman–Crippen MR) is 65.3 cm³/mol. The van der Waals surface area contributed by atoms with Gasteiger partial charge >= 0.3 is 0 Å². The molecular weight excluding hydrogens is 204 g/mol. The van der Waals surface area contributed by atoms with Crippen LogP contribution in [-0.4, -0.2) is 10.5 Å². The molecule has 2 nitrogen and oxygen atoms in total. The first-order valence-corrected chi connectivity index (χ1v) is 6.60. The summed E-state index contributed by atoms with van der Waals surface area (Å²) in [5, 5.41) is 4.84. The molecule has 1 aromatic rings. The fraction of sp³-hybridized carbons (Fsp3) is 0.750. The van der Waals surface area contributed by atoms with Crippen molar-refractivity contribution in [3.8, 4) is 0 Å². The van der Waals surface area contributed by atoms with Gasteiger partial charge in [-0.1, -0.05) is 13.8 Å². The lowest BCUT2D eigenvalue weighted by atomic mass is 9.78. The van der Waals surface area contributed by atoms with Gasteiger partial charge < -0.3 is 5.32 Å². The molecule has 1 heterocycles. The Labute approximate surface area is 96.1 Å².